The quantitative estimate of drug-likeness (QED) is 0.829. The molecule has 0 radical (unpaired) electrons. The van der Waals surface area contributed by atoms with Crippen LogP contribution in [-0.4, -0.2) is 30.3 Å². The van der Waals surface area contributed by atoms with Crippen LogP contribution in [0.3, 0.4) is 0 Å². The maximum Gasteiger partial charge on any atom is 0.230 e. The largest absolute Gasteiger partial charge is 0.494 e. The summed E-state index contributed by atoms with van der Waals surface area (Å²) < 4.78 is 5.38. The molecule has 0 aliphatic heterocycles. The highest BCUT2D eigenvalue weighted by atomic mass is 32.2. The molecule has 4 nitrogen and oxygen atoms in total. The van der Waals surface area contributed by atoms with Crippen molar-refractivity contribution in [1.29, 1.82) is 0 Å². The zero-order valence-corrected chi connectivity index (χ0v) is 14.3. The van der Waals surface area contributed by atoms with Gasteiger partial charge in [-0.25, -0.2) is 4.98 Å². The van der Waals surface area contributed by atoms with Gasteiger partial charge in [0.05, 0.1) is 17.9 Å². The van der Waals surface area contributed by atoms with Crippen LogP contribution in [-0.2, 0) is 4.79 Å². The number of amides is 1. The zero-order valence-electron chi connectivity index (χ0n) is 13.5. The Labute approximate surface area is 135 Å². The Balaban J connectivity index is 2.13. The lowest BCUT2D eigenvalue weighted by atomic mass is 10.1. The molecular formula is C17H22N2O2S. The van der Waals surface area contributed by atoms with Crippen LogP contribution < -0.4 is 10.1 Å². The van der Waals surface area contributed by atoms with Crippen molar-refractivity contribution in [3.63, 3.8) is 0 Å². The fourth-order valence-corrected chi connectivity index (χ4v) is 2.91. The highest BCUT2D eigenvalue weighted by Crippen LogP contribution is 2.29. The molecule has 0 saturated carbocycles. The average molecular weight is 318 g/mol. The van der Waals surface area contributed by atoms with Gasteiger partial charge in [0.1, 0.15) is 11.3 Å². The van der Waals surface area contributed by atoms with Crippen molar-refractivity contribution in [3.8, 4) is 5.75 Å². The average Bonchev–Trinajstić information content (AvgIpc) is 2.50. The first-order chi connectivity index (χ1) is 10.5. The molecule has 1 aromatic heterocycles. The zero-order chi connectivity index (χ0) is 16.1. The highest BCUT2D eigenvalue weighted by molar-refractivity contribution is 7.99. The Bertz CT molecular complexity index is 671. The van der Waals surface area contributed by atoms with Gasteiger partial charge in [0.25, 0.3) is 0 Å². The standard InChI is InChI=1S/C17H22N2O2S/c1-11(2)9-18-15(20)10-22-16-8-12(3)13-6-5-7-14(21-4)17(13)19-16/h5-8,11H,9-10H2,1-4H3,(H,18,20). The maximum absolute atomic E-state index is 11.8. The molecule has 1 N–H and O–H groups in total. The number of para-hydroxylation sites is 1. The van der Waals surface area contributed by atoms with Gasteiger partial charge in [-0.15, -0.1) is 0 Å². The van der Waals surface area contributed by atoms with E-state index in [1.165, 1.54) is 11.8 Å². The van der Waals surface area contributed by atoms with E-state index < -0.39 is 0 Å². The van der Waals surface area contributed by atoms with Crippen molar-refractivity contribution < 1.29 is 9.53 Å². The number of carbonyl (C=O) groups excluding carboxylic acids is 1. The number of benzene rings is 1. The summed E-state index contributed by atoms with van der Waals surface area (Å²) in [6.07, 6.45) is 0. The molecule has 0 unspecified atom stereocenters. The topological polar surface area (TPSA) is 51.2 Å². The first-order valence-electron chi connectivity index (χ1n) is 7.35. The van der Waals surface area contributed by atoms with Gasteiger partial charge in [-0.1, -0.05) is 37.7 Å². The first-order valence-corrected chi connectivity index (χ1v) is 8.33. The van der Waals surface area contributed by atoms with Crippen molar-refractivity contribution in [2.75, 3.05) is 19.4 Å². The van der Waals surface area contributed by atoms with E-state index in [0.717, 1.165) is 27.2 Å². The number of pyridine rings is 1. The predicted octanol–water partition coefficient (Wildman–Crippen LogP) is 3.42. The van der Waals surface area contributed by atoms with E-state index in [1.807, 2.05) is 31.2 Å². The summed E-state index contributed by atoms with van der Waals surface area (Å²) in [7, 11) is 1.64. The number of aryl methyl sites for hydroxylation is 1. The van der Waals surface area contributed by atoms with Gasteiger partial charge in [-0.3, -0.25) is 4.79 Å². The van der Waals surface area contributed by atoms with Crippen LogP contribution in [0, 0.1) is 12.8 Å². The Morgan fingerprint density at radius 2 is 2.18 bits per heavy atom. The molecule has 2 aromatic rings. The van der Waals surface area contributed by atoms with Crippen LogP contribution >= 0.6 is 11.8 Å². The molecule has 1 aromatic carbocycles. The second kappa shape index (κ2) is 7.49. The molecule has 0 fully saturated rings. The molecule has 2 rings (SSSR count). The van der Waals surface area contributed by atoms with E-state index in [4.69, 9.17) is 4.74 Å². The molecule has 0 atom stereocenters. The van der Waals surface area contributed by atoms with Gasteiger partial charge in [-0.2, -0.15) is 0 Å². The summed E-state index contributed by atoms with van der Waals surface area (Å²) in [6, 6.07) is 7.91. The van der Waals surface area contributed by atoms with E-state index in [-0.39, 0.29) is 5.91 Å². The SMILES string of the molecule is COc1cccc2c(C)cc(SCC(=O)NCC(C)C)nc12. The van der Waals surface area contributed by atoms with Crippen molar-refractivity contribution in [1.82, 2.24) is 10.3 Å². The second-order valence-corrected chi connectivity index (χ2v) is 6.62. The third-order valence-electron chi connectivity index (χ3n) is 3.26. The third-order valence-corrected chi connectivity index (χ3v) is 4.18. The predicted molar refractivity (Wildman–Crippen MR) is 91.6 cm³/mol. The second-order valence-electron chi connectivity index (χ2n) is 5.62. The maximum atomic E-state index is 11.8. The van der Waals surface area contributed by atoms with Gasteiger partial charge in [0.2, 0.25) is 5.91 Å². The Kier molecular flexibility index (Phi) is 5.66. The van der Waals surface area contributed by atoms with E-state index in [2.05, 4.69) is 24.1 Å². The fourth-order valence-electron chi connectivity index (χ4n) is 2.11. The minimum absolute atomic E-state index is 0.0401. The molecule has 1 heterocycles. The van der Waals surface area contributed by atoms with Crippen LogP contribution in [0.2, 0.25) is 0 Å². The van der Waals surface area contributed by atoms with Gasteiger partial charge in [-0.05, 0) is 30.5 Å². The van der Waals surface area contributed by atoms with Crippen LogP contribution in [0.25, 0.3) is 10.9 Å². The van der Waals surface area contributed by atoms with E-state index in [1.54, 1.807) is 7.11 Å². The summed E-state index contributed by atoms with van der Waals surface area (Å²) in [5.41, 5.74) is 1.98. The van der Waals surface area contributed by atoms with Crippen molar-refractivity contribution in [2.24, 2.45) is 5.92 Å². The van der Waals surface area contributed by atoms with E-state index in [9.17, 15) is 4.79 Å². The number of carbonyl (C=O) groups is 1. The van der Waals surface area contributed by atoms with Crippen LogP contribution in [0.4, 0.5) is 0 Å². The number of nitrogens with one attached hydrogen (secondary N) is 1. The number of ether oxygens (including phenoxy) is 1. The van der Waals surface area contributed by atoms with Gasteiger partial charge in [0.15, 0.2) is 0 Å². The fraction of sp³-hybridized carbons (Fsp3) is 0.412. The Morgan fingerprint density at radius 1 is 1.41 bits per heavy atom. The monoisotopic (exact) mass is 318 g/mol. The summed E-state index contributed by atoms with van der Waals surface area (Å²) in [4.78, 5) is 16.4. The van der Waals surface area contributed by atoms with Crippen molar-refractivity contribution in [2.45, 2.75) is 25.8 Å². The van der Waals surface area contributed by atoms with Crippen LogP contribution in [0.15, 0.2) is 29.3 Å². The smallest absolute Gasteiger partial charge is 0.230 e. The van der Waals surface area contributed by atoms with Gasteiger partial charge >= 0.3 is 0 Å². The molecule has 5 heteroatoms. The Morgan fingerprint density at radius 3 is 2.86 bits per heavy atom. The summed E-state index contributed by atoms with van der Waals surface area (Å²) in [6.45, 7) is 6.91. The lowest BCUT2D eigenvalue weighted by molar-refractivity contribution is -0.118. The lowest BCUT2D eigenvalue weighted by Crippen LogP contribution is -2.28. The minimum atomic E-state index is 0.0401. The van der Waals surface area contributed by atoms with Crippen molar-refractivity contribution in [3.05, 3.63) is 29.8 Å². The summed E-state index contributed by atoms with van der Waals surface area (Å²) in [5.74, 6) is 1.63. The summed E-state index contributed by atoms with van der Waals surface area (Å²) in [5, 5.41) is 4.83. The lowest BCUT2D eigenvalue weighted by Gasteiger charge is -2.10. The number of thioether (sulfide) groups is 1. The first kappa shape index (κ1) is 16.6. The Hall–Kier alpha value is -1.75. The normalized spacial score (nSPS) is 11.0. The van der Waals surface area contributed by atoms with Gasteiger partial charge in [0, 0.05) is 11.9 Å². The molecule has 0 aliphatic carbocycles. The molecule has 118 valence electrons. The number of hydrogen-bond acceptors (Lipinski definition) is 4. The molecule has 0 spiro atoms. The number of hydrogen-bond donors (Lipinski definition) is 1. The number of methoxy groups -OCH3 is 1. The molecular weight excluding hydrogens is 296 g/mol. The molecule has 0 bridgehead atoms. The van der Waals surface area contributed by atoms with E-state index >= 15 is 0 Å². The van der Waals surface area contributed by atoms with Crippen LogP contribution in [0.5, 0.6) is 5.75 Å². The molecule has 0 aliphatic rings. The molecule has 0 saturated heterocycles. The number of rotatable bonds is 6. The van der Waals surface area contributed by atoms with E-state index in [0.29, 0.717) is 18.2 Å². The summed E-state index contributed by atoms with van der Waals surface area (Å²) >= 11 is 1.45. The highest BCUT2D eigenvalue weighted by Gasteiger charge is 2.09. The number of fused-ring (bicyclic) bond motifs is 1. The third kappa shape index (κ3) is 4.13. The number of aromatic nitrogens is 1. The number of nitrogens with zero attached hydrogens (tertiary/aromatic N) is 1. The molecule has 1 amide bonds. The van der Waals surface area contributed by atoms with Crippen LogP contribution in [0.1, 0.15) is 19.4 Å². The molecule has 22 heavy (non-hydrogen) atoms. The minimum Gasteiger partial charge on any atom is -0.494 e. The van der Waals surface area contributed by atoms with Crippen molar-refractivity contribution >= 4 is 28.6 Å². The van der Waals surface area contributed by atoms with Gasteiger partial charge < -0.3 is 10.1 Å².